The van der Waals surface area contributed by atoms with Crippen LogP contribution in [0.4, 0.5) is 5.95 Å². The molecule has 8 heteroatoms. The number of nitrogens with two attached hydrogens (primary N) is 1. The van der Waals surface area contributed by atoms with Crippen LogP contribution in [0.25, 0.3) is 0 Å². The van der Waals surface area contributed by atoms with Gasteiger partial charge in [0.2, 0.25) is 16.0 Å². The number of nitrogens with one attached hydrogen (secondary N) is 1. The Labute approximate surface area is 105 Å². The summed E-state index contributed by atoms with van der Waals surface area (Å²) in [6.07, 6.45) is 2.75. The van der Waals surface area contributed by atoms with E-state index < -0.39 is 10.0 Å². The zero-order valence-corrected chi connectivity index (χ0v) is 10.9. The Balaban J connectivity index is 2.26. The average Bonchev–Trinajstić information content (AvgIpc) is 2.27. The summed E-state index contributed by atoms with van der Waals surface area (Å²) in [7, 11) is -3.20. The molecule has 0 saturated carbocycles. The molecule has 2 heterocycles. The summed E-state index contributed by atoms with van der Waals surface area (Å²) in [6.45, 7) is 0.878. The number of anilines is 1. The molecule has 18 heavy (non-hydrogen) atoms. The SMILES string of the molecule is CS(=O)(=O)N1CCC[C@H](c2cc(=O)[nH]c(N)n2)C1. The van der Waals surface area contributed by atoms with Crippen LogP contribution in [0.2, 0.25) is 0 Å². The van der Waals surface area contributed by atoms with Crippen LogP contribution in [0.1, 0.15) is 24.5 Å². The first kappa shape index (κ1) is 13.0. The highest BCUT2D eigenvalue weighted by Gasteiger charge is 2.27. The van der Waals surface area contributed by atoms with Crippen LogP contribution in [-0.4, -0.2) is 42.0 Å². The van der Waals surface area contributed by atoms with Crippen molar-refractivity contribution < 1.29 is 8.42 Å². The molecule has 0 radical (unpaired) electrons. The van der Waals surface area contributed by atoms with Crippen molar-refractivity contribution in [3.63, 3.8) is 0 Å². The van der Waals surface area contributed by atoms with Crippen LogP contribution in [0, 0.1) is 0 Å². The van der Waals surface area contributed by atoms with E-state index in [0.717, 1.165) is 12.8 Å². The molecule has 1 aromatic rings. The number of nitrogens with zero attached hydrogens (tertiary/aromatic N) is 2. The maximum Gasteiger partial charge on any atom is 0.252 e. The zero-order chi connectivity index (χ0) is 13.3. The van der Waals surface area contributed by atoms with Crippen molar-refractivity contribution in [2.45, 2.75) is 18.8 Å². The number of sulfonamides is 1. The molecule has 0 unspecified atom stereocenters. The number of piperidine rings is 1. The van der Waals surface area contributed by atoms with Gasteiger partial charge in [0.15, 0.2) is 0 Å². The van der Waals surface area contributed by atoms with Crippen LogP contribution >= 0.6 is 0 Å². The molecule has 0 spiro atoms. The fourth-order valence-corrected chi connectivity index (χ4v) is 3.10. The Morgan fingerprint density at radius 3 is 2.89 bits per heavy atom. The minimum absolute atomic E-state index is 0.0639. The molecule has 1 fully saturated rings. The Bertz CT molecular complexity index is 595. The number of hydrogen-bond donors (Lipinski definition) is 2. The second-order valence-electron chi connectivity index (χ2n) is 4.52. The van der Waals surface area contributed by atoms with Gasteiger partial charge < -0.3 is 5.73 Å². The van der Waals surface area contributed by atoms with E-state index in [1.807, 2.05) is 0 Å². The van der Waals surface area contributed by atoms with Gasteiger partial charge in [0, 0.05) is 25.1 Å². The van der Waals surface area contributed by atoms with E-state index >= 15 is 0 Å². The van der Waals surface area contributed by atoms with Gasteiger partial charge in [-0.1, -0.05) is 0 Å². The van der Waals surface area contributed by atoms with Crippen molar-refractivity contribution in [1.29, 1.82) is 0 Å². The minimum Gasteiger partial charge on any atom is -0.369 e. The maximum absolute atomic E-state index is 11.5. The molecule has 2 rings (SSSR count). The van der Waals surface area contributed by atoms with Crippen molar-refractivity contribution in [2.24, 2.45) is 0 Å². The predicted octanol–water partition coefficient (Wildman–Crippen LogP) is -0.509. The summed E-state index contributed by atoms with van der Waals surface area (Å²) in [5.74, 6) is -0.00736. The Morgan fingerprint density at radius 1 is 1.56 bits per heavy atom. The van der Waals surface area contributed by atoms with Gasteiger partial charge in [0.1, 0.15) is 0 Å². The van der Waals surface area contributed by atoms with Gasteiger partial charge in [-0.15, -0.1) is 0 Å². The van der Waals surface area contributed by atoms with E-state index in [4.69, 9.17) is 5.73 Å². The van der Waals surface area contributed by atoms with Gasteiger partial charge in [-0.2, -0.15) is 0 Å². The number of nitrogen functional groups attached to an aromatic ring is 1. The largest absolute Gasteiger partial charge is 0.369 e. The van der Waals surface area contributed by atoms with Crippen molar-refractivity contribution >= 4 is 16.0 Å². The van der Waals surface area contributed by atoms with E-state index in [9.17, 15) is 13.2 Å². The average molecular weight is 272 g/mol. The Morgan fingerprint density at radius 2 is 2.28 bits per heavy atom. The van der Waals surface area contributed by atoms with Gasteiger partial charge >= 0.3 is 0 Å². The summed E-state index contributed by atoms with van der Waals surface area (Å²) < 4.78 is 24.4. The molecular weight excluding hydrogens is 256 g/mol. The van der Waals surface area contributed by atoms with Gasteiger partial charge in [0.05, 0.1) is 11.9 Å². The Kier molecular flexibility index (Phi) is 3.40. The second-order valence-corrected chi connectivity index (χ2v) is 6.50. The summed E-state index contributed by atoms with van der Waals surface area (Å²) in [5.41, 5.74) is 5.74. The number of rotatable bonds is 2. The standard InChI is InChI=1S/C10H16N4O3S/c1-18(16,17)14-4-2-3-7(6-14)8-5-9(15)13-10(11)12-8/h5,7H,2-4,6H2,1H3,(H3,11,12,13,15)/t7-/m0/s1. The molecule has 1 saturated heterocycles. The van der Waals surface area contributed by atoms with E-state index in [1.165, 1.54) is 16.6 Å². The number of aromatic amines is 1. The first-order valence-electron chi connectivity index (χ1n) is 5.68. The normalized spacial score (nSPS) is 21.9. The lowest BCUT2D eigenvalue weighted by Crippen LogP contribution is -2.38. The third-order valence-corrected chi connectivity index (χ3v) is 4.32. The fraction of sp³-hybridized carbons (Fsp3) is 0.600. The minimum atomic E-state index is -3.20. The van der Waals surface area contributed by atoms with Crippen LogP contribution in [0.3, 0.4) is 0 Å². The molecule has 1 aliphatic heterocycles. The molecule has 0 aromatic carbocycles. The topological polar surface area (TPSA) is 109 Å². The van der Waals surface area contributed by atoms with Crippen LogP contribution in [-0.2, 0) is 10.0 Å². The van der Waals surface area contributed by atoms with Crippen molar-refractivity contribution in [3.8, 4) is 0 Å². The van der Waals surface area contributed by atoms with E-state index in [-0.39, 0.29) is 17.4 Å². The van der Waals surface area contributed by atoms with Gasteiger partial charge in [-0.3, -0.25) is 9.78 Å². The van der Waals surface area contributed by atoms with Gasteiger partial charge in [0.25, 0.3) is 5.56 Å². The van der Waals surface area contributed by atoms with Gasteiger partial charge in [-0.25, -0.2) is 17.7 Å². The smallest absolute Gasteiger partial charge is 0.252 e. The van der Waals surface area contributed by atoms with Gasteiger partial charge in [-0.05, 0) is 12.8 Å². The van der Waals surface area contributed by atoms with Crippen LogP contribution < -0.4 is 11.3 Å². The lowest BCUT2D eigenvalue weighted by atomic mass is 9.96. The molecule has 1 aromatic heterocycles. The van der Waals surface area contributed by atoms with E-state index in [1.54, 1.807) is 0 Å². The Hall–Kier alpha value is -1.41. The van der Waals surface area contributed by atoms with Crippen molar-refractivity contribution in [3.05, 3.63) is 22.1 Å². The van der Waals surface area contributed by atoms with Crippen molar-refractivity contribution in [1.82, 2.24) is 14.3 Å². The first-order chi connectivity index (χ1) is 8.36. The number of H-pyrrole nitrogens is 1. The predicted molar refractivity (Wildman–Crippen MR) is 67.7 cm³/mol. The highest BCUT2D eigenvalue weighted by molar-refractivity contribution is 7.88. The summed E-state index contributed by atoms with van der Waals surface area (Å²) in [5, 5.41) is 0. The van der Waals surface area contributed by atoms with Crippen molar-refractivity contribution in [2.75, 3.05) is 25.1 Å². The van der Waals surface area contributed by atoms with E-state index in [0.29, 0.717) is 18.8 Å². The third kappa shape index (κ3) is 2.88. The molecule has 7 nitrogen and oxygen atoms in total. The summed E-state index contributed by atoms with van der Waals surface area (Å²) in [6, 6.07) is 1.38. The molecule has 0 bridgehead atoms. The molecule has 3 N–H and O–H groups in total. The van der Waals surface area contributed by atoms with Crippen LogP contribution in [0.5, 0.6) is 0 Å². The molecular formula is C10H16N4O3S. The summed E-state index contributed by atoms with van der Waals surface area (Å²) >= 11 is 0. The fourth-order valence-electron chi connectivity index (χ4n) is 2.19. The molecule has 0 aliphatic carbocycles. The third-order valence-electron chi connectivity index (χ3n) is 3.05. The highest BCUT2D eigenvalue weighted by Crippen LogP contribution is 2.26. The number of hydrogen-bond acceptors (Lipinski definition) is 5. The first-order valence-corrected chi connectivity index (χ1v) is 7.53. The molecule has 100 valence electrons. The number of aromatic nitrogens is 2. The second kappa shape index (κ2) is 4.69. The monoisotopic (exact) mass is 272 g/mol. The zero-order valence-electron chi connectivity index (χ0n) is 10.1. The lowest BCUT2D eigenvalue weighted by Gasteiger charge is -2.30. The lowest BCUT2D eigenvalue weighted by molar-refractivity contribution is 0.314. The van der Waals surface area contributed by atoms with E-state index in [2.05, 4.69) is 9.97 Å². The molecule has 0 amide bonds. The molecule has 1 atom stereocenters. The summed E-state index contributed by atoms with van der Waals surface area (Å²) in [4.78, 5) is 17.8. The van der Waals surface area contributed by atoms with Crippen LogP contribution in [0.15, 0.2) is 10.9 Å². The maximum atomic E-state index is 11.5. The quantitative estimate of drug-likeness (QED) is 0.753. The highest BCUT2D eigenvalue weighted by atomic mass is 32.2. The molecule has 1 aliphatic rings.